The third-order valence-electron chi connectivity index (χ3n) is 5.95. The SMILES string of the molecule is [2H]c1c([2H])c(-c2c3c([2H])c([2H])c([2H])c([2H])c3c([2H])c3c2c([2H])c([2H])c2c([2H])c([2H])c([2H])c([2H])c23)c([2H])c([2H])c1-c1c([2H])c([2H])c2oc3c([2H])c([2H])c([2H])c([2H])c3c2c1[2H]. The van der Waals surface area contributed by atoms with Crippen LogP contribution in [0.3, 0.4) is 0 Å². The molecule has 0 bridgehead atoms. The van der Waals surface area contributed by atoms with Crippen LogP contribution < -0.4 is 0 Å². The number of benzene rings is 7. The first kappa shape index (κ1) is 8.33. The van der Waals surface area contributed by atoms with Crippen LogP contribution in [0.25, 0.3) is 76.5 Å². The molecule has 1 nitrogen and oxygen atoms in total. The lowest BCUT2D eigenvalue weighted by atomic mass is 9.89. The Balaban J connectivity index is 1.62. The summed E-state index contributed by atoms with van der Waals surface area (Å²) in [7, 11) is 0. The van der Waals surface area contributed by atoms with E-state index in [1.807, 2.05) is 0 Å². The van der Waals surface area contributed by atoms with Crippen molar-refractivity contribution in [2.75, 3.05) is 0 Å². The van der Waals surface area contributed by atoms with Crippen molar-refractivity contribution in [3.63, 3.8) is 0 Å². The molecule has 1 heterocycles. The van der Waals surface area contributed by atoms with E-state index >= 15 is 0 Å². The first-order valence-electron chi connectivity index (χ1n) is 21.9. The van der Waals surface area contributed by atoms with Crippen LogP contribution in [0.15, 0.2) is 137 Å². The molecule has 172 valence electrons. The molecule has 0 unspecified atom stereocenters. The lowest BCUT2D eigenvalue weighted by molar-refractivity contribution is 0.669. The van der Waals surface area contributed by atoms with E-state index in [9.17, 15) is 9.60 Å². The molecule has 1 aromatic heterocycles. The maximum atomic E-state index is 9.34. The highest BCUT2D eigenvalue weighted by Crippen LogP contribution is 2.40. The van der Waals surface area contributed by atoms with E-state index in [-0.39, 0.29) is 10.8 Å². The van der Waals surface area contributed by atoms with Gasteiger partial charge in [-0.25, -0.2) is 0 Å². The number of rotatable bonds is 2. The lowest BCUT2D eigenvalue weighted by Gasteiger charge is -2.14. The first-order chi connectivity index (χ1) is 27.5. The van der Waals surface area contributed by atoms with Crippen molar-refractivity contribution in [2.45, 2.75) is 0 Å². The molecule has 0 saturated carbocycles. The van der Waals surface area contributed by atoms with Gasteiger partial charge in [0.15, 0.2) is 0 Å². The monoisotopic (exact) mass is 492 g/mol. The van der Waals surface area contributed by atoms with Crippen LogP contribution in [-0.2, 0) is 0 Å². The highest BCUT2D eigenvalue weighted by atomic mass is 16.3. The predicted molar refractivity (Wildman–Crippen MR) is 157 cm³/mol. The molecule has 0 spiro atoms. The molecule has 0 aliphatic heterocycles. The second-order valence-electron chi connectivity index (χ2n) is 8.01. The normalized spacial score (nSPS) is 20.1. The third kappa shape index (κ3) is 3.11. The number of fused-ring (bicyclic) bond motifs is 7. The average Bonchev–Trinajstić information content (AvgIpc) is 3.61. The summed E-state index contributed by atoms with van der Waals surface area (Å²) in [5.74, 6) is 0. The van der Waals surface area contributed by atoms with Gasteiger partial charge < -0.3 is 4.42 Å². The van der Waals surface area contributed by atoms with Crippen LogP contribution >= 0.6 is 0 Å². The van der Waals surface area contributed by atoms with E-state index in [1.165, 1.54) is 0 Å². The van der Waals surface area contributed by atoms with Gasteiger partial charge in [0, 0.05) is 10.8 Å². The number of para-hydroxylation sites is 1. The Morgan fingerprint density at radius 3 is 1.89 bits per heavy atom. The lowest BCUT2D eigenvalue weighted by Crippen LogP contribution is -1.87. The summed E-state index contributed by atoms with van der Waals surface area (Å²) in [4.78, 5) is 0. The van der Waals surface area contributed by atoms with E-state index in [0.29, 0.717) is 0 Å². The molecule has 8 aromatic rings. The van der Waals surface area contributed by atoms with Crippen LogP contribution in [0, 0.1) is 0 Å². The van der Waals surface area contributed by atoms with Crippen LogP contribution in [-0.4, -0.2) is 0 Å². The minimum absolute atomic E-state index is 0.334. The maximum absolute atomic E-state index is 9.34. The molecule has 0 fully saturated rings. The number of furan rings is 1. The highest BCUT2D eigenvalue weighted by Gasteiger charge is 2.13. The first-order valence-corrected chi connectivity index (χ1v) is 10.9. The maximum Gasteiger partial charge on any atom is 0.135 e. The Morgan fingerprint density at radius 2 is 1.03 bits per heavy atom. The van der Waals surface area contributed by atoms with Crippen molar-refractivity contribution in [2.24, 2.45) is 0 Å². The van der Waals surface area contributed by atoms with Crippen LogP contribution in [0.5, 0.6) is 0 Å². The molecule has 37 heavy (non-hydrogen) atoms. The van der Waals surface area contributed by atoms with E-state index in [1.54, 1.807) is 0 Å². The van der Waals surface area contributed by atoms with Crippen LogP contribution in [0.4, 0.5) is 0 Å². The van der Waals surface area contributed by atoms with Gasteiger partial charge >= 0.3 is 0 Å². The van der Waals surface area contributed by atoms with Crippen LogP contribution in [0.2, 0.25) is 0 Å². The molecule has 8 rings (SSSR count). The Labute approximate surface area is 245 Å². The van der Waals surface area contributed by atoms with Crippen molar-refractivity contribution in [3.05, 3.63) is 133 Å². The van der Waals surface area contributed by atoms with Crippen molar-refractivity contribution in [1.82, 2.24) is 0 Å². The number of hydrogen-bond donors (Lipinski definition) is 0. The van der Waals surface area contributed by atoms with Crippen molar-refractivity contribution >= 4 is 54.3 Å². The topological polar surface area (TPSA) is 13.1 Å². The van der Waals surface area contributed by atoms with Gasteiger partial charge in [-0.15, -0.1) is 0 Å². The molecular formula is C36H22O. The van der Waals surface area contributed by atoms with Gasteiger partial charge in [-0.2, -0.15) is 0 Å². The minimum atomic E-state index is -0.973. The molecule has 0 N–H and O–H groups in total. The molecule has 7 aromatic carbocycles. The van der Waals surface area contributed by atoms with E-state index in [4.69, 9.17) is 25.0 Å². The van der Waals surface area contributed by atoms with Gasteiger partial charge in [-0.05, 0) is 78.7 Å². The van der Waals surface area contributed by atoms with Crippen molar-refractivity contribution < 1.29 is 34.6 Å². The summed E-state index contributed by atoms with van der Waals surface area (Å²) in [6, 6.07) is -17.6. The summed E-state index contributed by atoms with van der Waals surface area (Å²) >= 11 is 0. The molecule has 0 radical (unpaired) electrons. The molecule has 0 amide bonds. The summed E-state index contributed by atoms with van der Waals surface area (Å²) < 4.78 is 199. The Kier molecular flexibility index (Phi) is 1.76. The summed E-state index contributed by atoms with van der Waals surface area (Å²) in [6.07, 6.45) is 0. The van der Waals surface area contributed by atoms with Gasteiger partial charge in [0.2, 0.25) is 0 Å². The fourth-order valence-electron chi connectivity index (χ4n) is 4.30. The van der Waals surface area contributed by atoms with Crippen molar-refractivity contribution in [1.29, 1.82) is 0 Å². The summed E-state index contributed by atoms with van der Waals surface area (Å²) in [6.45, 7) is 0. The Morgan fingerprint density at radius 1 is 0.378 bits per heavy atom. The van der Waals surface area contributed by atoms with Gasteiger partial charge in [-0.1, -0.05) is 109 Å². The molecule has 0 aliphatic carbocycles. The smallest absolute Gasteiger partial charge is 0.135 e. The zero-order chi connectivity index (χ0) is 43.5. The highest BCUT2D eigenvalue weighted by molar-refractivity contribution is 6.20. The fourth-order valence-corrected chi connectivity index (χ4v) is 4.30. The van der Waals surface area contributed by atoms with Gasteiger partial charge in [0.25, 0.3) is 0 Å². The predicted octanol–water partition coefficient (Wildman–Crippen LogP) is 10.4. The van der Waals surface area contributed by atoms with Gasteiger partial charge in [0.1, 0.15) is 11.2 Å². The second kappa shape index (κ2) is 7.81. The molecule has 0 atom stereocenters. The zero-order valence-corrected chi connectivity index (χ0v) is 18.4. The zero-order valence-electron chi connectivity index (χ0n) is 40.4. The largest absolute Gasteiger partial charge is 0.456 e. The third-order valence-corrected chi connectivity index (χ3v) is 5.95. The molecule has 1 heteroatoms. The van der Waals surface area contributed by atoms with Gasteiger partial charge in [-0.3, -0.25) is 0 Å². The van der Waals surface area contributed by atoms with E-state index in [0.717, 1.165) is 0 Å². The minimum Gasteiger partial charge on any atom is -0.456 e. The molecule has 0 aliphatic rings. The van der Waals surface area contributed by atoms with Crippen molar-refractivity contribution in [3.8, 4) is 22.3 Å². The Hall–Kier alpha value is -4.88. The van der Waals surface area contributed by atoms with Crippen LogP contribution in [0.1, 0.15) is 30.2 Å². The van der Waals surface area contributed by atoms with E-state index in [2.05, 4.69) is 0 Å². The summed E-state index contributed by atoms with van der Waals surface area (Å²) in [5.41, 5.74) is -3.61. The molecule has 0 saturated heterocycles. The average molecular weight is 493 g/mol. The quantitative estimate of drug-likeness (QED) is 0.173. The summed E-state index contributed by atoms with van der Waals surface area (Å²) in [5, 5.41) is -3.85. The standard InChI is InChI=1S/C36H22O/c1-3-9-28-24(7-1)17-19-31-32(28)22-27-8-2-4-10-29(27)36(31)25-15-13-23(14-16-25)26-18-20-35-33(21-26)30-11-5-6-12-34(30)37-35/h1-22H/i1D,2D,3D,4D,5D,6D,7D,8D,9D,10D,11D,12D,13D,14D,15D,16D,17D,18D,19D,20D,21D,22D. The fraction of sp³-hybridized carbons (Fsp3) is 0. The van der Waals surface area contributed by atoms with Gasteiger partial charge in [0.05, 0.1) is 30.2 Å². The number of hydrogen-bond acceptors (Lipinski definition) is 1. The molecular weight excluding hydrogens is 448 g/mol. The Bertz CT molecular complexity index is 3320. The van der Waals surface area contributed by atoms with E-state index < -0.39 is 199 Å². The second-order valence-corrected chi connectivity index (χ2v) is 8.01.